The number of nitrogens with zero attached hydrogens (tertiary/aromatic N) is 4. The van der Waals surface area contributed by atoms with E-state index in [1.165, 1.54) is 5.56 Å². The van der Waals surface area contributed by atoms with E-state index in [1.54, 1.807) is 12.5 Å². The first-order valence-corrected chi connectivity index (χ1v) is 7.66. The lowest BCUT2D eigenvalue weighted by Gasteiger charge is -2.04. The Morgan fingerprint density at radius 2 is 1.91 bits per heavy atom. The van der Waals surface area contributed by atoms with Gasteiger partial charge in [0, 0.05) is 6.54 Å². The van der Waals surface area contributed by atoms with Crippen molar-refractivity contribution in [3.05, 3.63) is 65.8 Å². The maximum atomic E-state index is 6.08. The van der Waals surface area contributed by atoms with Gasteiger partial charge in [0.25, 0.3) is 0 Å². The molecule has 0 atom stereocenters. The van der Waals surface area contributed by atoms with Crippen LogP contribution in [-0.2, 0) is 13.0 Å². The lowest BCUT2D eigenvalue weighted by Crippen LogP contribution is -2.04. The number of aromatic nitrogens is 4. The average molecular weight is 325 g/mol. The third-order valence-electron chi connectivity index (χ3n) is 3.68. The van der Waals surface area contributed by atoms with E-state index in [9.17, 15) is 0 Å². The van der Waals surface area contributed by atoms with Gasteiger partial charge in [0.2, 0.25) is 5.28 Å². The molecule has 3 heterocycles. The average Bonchev–Trinajstić information content (AvgIpc) is 3.23. The highest BCUT2D eigenvalue weighted by Crippen LogP contribution is 2.27. The van der Waals surface area contributed by atoms with Gasteiger partial charge in [0.05, 0.1) is 17.8 Å². The van der Waals surface area contributed by atoms with Crippen molar-refractivity contribution in [2.45, 2.75) is 13.0 Å². The van der Waals surface area contributed by atoms with Gasteiger partial charge in [0.1, 0.15) is 5.69 Å². The summed E-state index contributed by atoms with van der Waals surface area (Å²) in [7, 11) is 0. The predicted molar refractivity (Wildman–Crippen MR) is 88.2 cm³/mol. The SMILES string of the molecule is Clc1nc(-c2ccco2)c2cnn(CCc3ccccc3)c2n1. The Balaban J connectivity index is 1.72. The maximum absolute atomic E-state index is 6.08. The van der Waals surface area contributed by atoms with Gasteiger partial charge in [0.15, 0.2) is 11.4 Å². The molecule has 4 rings (SSSR count). The molecule has 0 fully saturated rings. The molecule has 0 N–H and O–H groups in total. The summed E-state index contributed by atoms with van der Waals surface area (Å²) in [5.41, 5.74) is 2.63. The minimum Gasteiger partial charge on any atom is -0.463 e. The molecule has 5 nitrogen and oxygen atoms in total. The lowest BCUT2D eigenvalue weighted by molar-refractivity contribution is 0.580. The van der Waals surface area contributed by atoms with Gasteiger partial charge >= 0.3 is 0 Å². The number of fused-ring (bicyclic) bond motifs is 1. The summed E-state index contributed by atoms with van der Waals surface area (Å²) < 4.78 is 7.28. The Hall–Kier alpha value is -2.66. The molecule has 0 unspecified atom stereocenters. The first-order chi connectivity index (χ1) is 11.3. The van der Waals surface area contributed by atoms with E-state index >= 15 is 0 Å². The number of benzene rings is 1. The van der Waals surface area contributed by atoms with E-state index in [2.05, 4.69) is 27.2 Å². The van der Waals surface area contributed by atoms with Crippen molar-refractivity contribution in [2.75, 3.05) is 0 Å². The molecule has 3 aromatic heterocycles. The molecule has 114 valence electrons. The topological polar surface area (TPSA) is 56.7 Å². The Labute approximate surface area is 137 Å². The standard InChI is InChI=1S/C17H13ClN4O/c18-17-20-15(14-7-4-10-23-14)13-11-19-22(16(13)21-17)9-8-12-5-2-1-3-6-12/h1-7,10-11H,8-9H2. The van der Waals surface area contributed by atoms with Gasteiger partial charge in [-0.3, -0.25) is 0 Å². The molecule has 0 saturated carbocycles. The molecular formula is C17H13ClN4O. The third kappa shape index (κ3) is 2.71. The number of hydrogen-bond acceptors (Lipinski definition) is 4. The van der Waals surface area contributed by atoms with E-state index in [0.717, 1.165) is 18.4 Å². The highest BCUT2D eigenvalue weighted by molar-refractivity contribution is 6.28. The Bertz CT molecular complexity index is 932. The number of halogens is 1. The highest BCUT2D eigenvalue weighted by atomic mass is 35.5. The number of aryl methyl sites for hydroxylation is 2. The van der Waals surface area contributed by atoms with Crippen LogP contribution in [0.25, 0.3) is 22.5 Å². The molecule has 0 aliphatic rings. The first kappa shape index (κ1) is 14.0. The zero-order chi connectivity index (χ0) is 15.6. The zero-order valence-corrected chi connectivity index (χ0v) is 12.9. The van der Waals surface area contributed by atoms with Gasteiger partial charge in [-0.05, 0) is 35.7 Å². The Morgan fingerprint density at radius 1 is 1.04 bits per heavy atom. The normalized spacial score (nSPS) is 11.2. The third-order valence-corrected chi connectivity index (χ3v) is 3.85. The van der Waals surface area contributed by atoms with Gasteiger partial charge in [-0.15, -0.1) is 0 Å². The molecule has 0 aliphatic carbocycles. The van der Waals surface area contributed by atoms with Crippen LogP contribution in [0, 0.1) is 0 Å². The summed E-state index contributed by atoms with van der Waals surface area (Å²) in [5.74, 6) is 0.655. The van der Waals surface area contributed by atoms with Crippen molar-refractivity contribution >= 4 is 22.6 Å². The molecule has 0 radical (unpaired) electrons. The zero-order valence-electron chi connectivity index (χ0n) is 12.2. The van der Waals surface area contributed by atoms with Crippen molar-refractivity contribution in [3.63, 3.8) is 0 Å². The Morgan fingerprint density at radius 3 is 2.70 bits per heavy atom. The second kappa shape index (κ2) is 5.85. The van der Waals surface area contributed by atoms with Gasteiger partial charge in [-0.25, -0.2) is 9.67 Å². The summed E-state index contributed by atoms with van der Waals surface area (Å²) in [5, 5.41) is 5.45. The van der Waals surface area contributed by atoms with Crippen LogP contribution >= 0.6 is 11.6 Å². The molecule has 0 spiro atoms. The smallest absolute Gasteiger partial charge is 0.225 e. The van der Waals surface area contributed by atoms with Crippen LogP contribution in [0.4, 0.5) is 0 Å². The second-order valence-electron chi connectivity index (χ2n) is 5.16. The van der Waals surface area contributed by atoms with Crippen molar-refractivity contribution in [2.24, 2.45) is 0 Å². The fraction of sp³-hybridized carbons (Fsp3) is 0.118. The number of furan rings is 1. The Kier molecular flexibility index (Phi) is 3.55. The summed E-state index contributed by atoms with van der Waals surface area (Å²) in [6.07, 6.45) is 4.24. The summed E-state index contributed by atoms with van der Waals surface area (Å²) >= 11 is 6.08. The molecule has 23 heavy (non-hydrogen) atoms. The highest BCUT2D eigenvalue weighted by Gasteiger charge is 2.15. The summed E-state index contributed by atoms with van der Waals surface area (Å²) in [6, 6.07) is 13.9. The van der Waals surface area contributed by atoms with Crippen LogP contribution in [0.1, 0.15) is 5.56 Å². The molecule has 0 bridgehead atoms. The van der Waals surface area contributed by atoms with Crippen molar-refractivity contribution in [1.29, 1.82) is 0 Å². The number of hydrogen-bond donors (Lipinski definition) is 0. The van der Waals surface area contributed by atoms with Crippen molar-refractivity contribution in [3.8, 4) is 11.5 Å². The predicted octanol–water partition coefficient (Wildman–Crippen LogP) is 3.98. The molecule has 1 aromatic carbocycles. The van der Waals surface area contributed by atoms with Crippen molar-refractivity contribution < 1.29 is 4.42 Å². The molecule has 0 saturated heterocycles. The first-order valence-electron chi connectivity index (χ1n) is 7.28. The summed E-state index contributed by atoms with van der Waals surface area (Å²) in [4.78, 5) is 8.61. The van der Waals surface area contributed by atoms with Gasteiger partial charge < -0.3 is 4.42 Å². The molecule has 6 heteroatoms. The van der Waals surface area contributed by atoms with E-state index < -0.39 is 0 Å². The lowest BCUT2D eigenvalue weighted by atomic mass is 10.1. The number of rotatable bonds is 4. The fourth-order valence-electron chi connectivity index (χ4n) is 2.57. The van der Waals surface area contributed by atoms with E-state index in [1.807, 2.05) is 35.0 Å². The summed E-state index contributed by atoms with van der Waals surface area (Å²) in [6.45, 7) is 0.721. The largest absolute Gasteiger partial charge is 0.463 e. The van der Waals surface area contributed by atoms with E-state index in [4.69, 9.17) is 16.0 Å². The minimum absolute atomic E-state index is 0.186. The van der Waals surface area contributed by atoms with Crippen LogP contribution < -0.4 is 0 Å². The molecule has 4 aromatic rings. The molecule has 0 aliphatic heterocycles. The minimum atomic E-state index is 0.186. The monoisotopic (exact) mass is 324 g/mol. The van der Waals surface area contributed by atoms with E-state index in [0.29, 0.717) is 17.1 Å². The van der Waals surface area contributed by atoms with E-state index in [-0.39, 0.29) is 5.28 Å². The van der Waals surface area contributed by atoms with Crippen LogP contribution in [0.3, 0.4) is 0 Å². The fourth-order valence-corrected chi connectivity index (χ4v) is 2.74. The van der Waals surface area contributed by atoms with Crippen LogP contribution in [0.5, 0.6) is 0 Å². The second-order valence-corrected chi connectivity index (χ2v) is 5.50. The van der Waals surface area contributed by atoms with Gasteiger partial charge in [-0.2, -0.15) is 10.1 Å². The van der Waals surface area contributed by atoms with Crippen LogP contribution in [-0.4, -0.2) is 19.7 Å². The van der Waals surface area contributed by atoms with Crippen LogP contribution in [0.15, 0.2) is 59.3 Å². The molecule has 0 amide bonds. The quantitative estimate of drug-likeness (QED) is 0.533. The van der Waals surface area contributed by atoms with Crippen molar-refractivity contribution in [1.82, 2.24) is 19.7 Å². The molecular weight excluding hydrogens is 312 g/mol. The maximum Gasteiger partial charge on any atom is 0.225 e. The van der Waals surface area contributed by atoms with Crippen LogP contribution in [0.2, 0.25) is 5.28 Å². The van der Waals surface area contributed by atoms with Gasteiger partial charge in [-0.1, -0.05) is 30.3 Å².